The maximum Gasteiger partial charge on any atom is 0.303 e. The number of thioether (sulfide) groups is 2. The van der Waals surface area contributed by atoms with Crippen molar-refractivity contribution in [2.75, 3.05) is 18.1 Å². The number of hydrogen-bond acceptors (Lipinski definition) is 7. The Kier molecular flexibility index (Phi) is 20.3. The Morgan fingerprint density at radius 3 is 1.34 bits per heavy atom. The predicted molar refractivity (Wildman–Crippen MR) is 296 cm³/mol. The Bertz CT molecular complexity index is 2610. The lowest BCUT2D eigenvalue weighted by atomic mass is 9.84. The molecule has 374 valence electrons. The number of allylic oxidation sites excluding steroid dienone is 1. The fourth-order valence-corrected chi connectivity index (χ4v) is 12.1. The average Bonchev–Trinajstić information content (AvgIpc) is 3.43. The van der Waals surface area contributed by atoms with Gasteiger partial charge in [0.1, 0.15) is 12.1 Å². The van der Waals surface area contributed by atoms with Crippen molar-refractivity contribution in [1.82, 2.24) is 16.0 Å². The number of carboxylic acid groups (broad SMARTS) is 1. The second kappa shape index (κ2) is 27.6. The molecule has 7 aromatic rings. The Hall–Kier alpha value is -7.18. The van der Waals surface area contributed by atoms with E-state index in [1.54, 1.807) is 6.08 Å². The second-order valence-electron chi connectivity index (χ2n) is 17.7. The SMILES string of the molecule is O=C(O)CCCCNC(=O)C(CSC(c1ccccc1)(c1ccccc1)c1ccccc1)NC(=O)C(Cc1ccccc1)NC(=O)CC(O)C=CCCSC(c1ccccc1)(c1ccccc1)c1ccccc1. The van der Waals surface area contributed by atoms with Crippen LogP contribution in [0, 0.1) is 0 Å². The van der Waals surface area contributed by atoms with E-state index in [1.807, 2.05) is 121 Å². The molecule has 0 bridgehead atoms. The molecule has 7 aromatic carbocycles. The summed E-state index contributed by atoms with van der Waals surface area (Å²) in [5.74, 6) is -1.59. The van der Waals surface area contributed by atoms with Crippen molar-refractivity contribution >= 4 is 47.2 Å². The first-order valence-corrected chi connectivity index (χ1v) is 26.7. The molecule has 0 spiro atoms. The summed E-state index contributed by atoms with van der Waals surface area (Å²) in [6, 6.07) is 68.7. The molecule has 0 saturated heterocycles. The van der Waals surface area contributed by atoms with Crippen LogP contribution in [0.3, 0.4) is 0 Å². The monoisotopic (exact) mass is 1010 g/mol. The van der Waals surface area contributed by atoms with Crippen LogP contribution >= 0.6 is 23.5 Å². The number of carboxylic acids is 1. The number of nitrogens with one attached hydrogen (secondary N) is 3. The summed E-state index contributed by atoms with van der Waals surface area (Å²) in [7, 11) is 0. The molecule has 0 aliphatic heterocycles. The number of benzene rings is 7. The molecule has 0 saturated carbocycles. The molecule has 3 unspecified atom stereocenters. The number of aliphatic hydroxyl groups is 1. The Morgan fingerprint density at radius 1 is 0.507 bits per heavy atom. The van der Waals surface area contributed by atoms with Crippen molar-refractivity contribution in [3.63, 3.8) is 0 Å². The van der Waals surface area contributed by atoms with Gasteiger partial charge >= 0.3 is 5.97 Å². The van der Waals surface area contributed by atoms with E-state index in [-0.39, 0.29) is 31.6 Å². The zero-order chi connectivity index (χ0) is 51.1. The number of hydrogen-bond donors (Lipinski definition) is 5. The largest absolute Gasteiger partial charge is 0.481 e. The lowest BCUT2D eigenvalue weighted by Gasteiger charge is -2.36. The zero-order valence-corrected chi connectivity index (χ0v) is 42.4. The number of rotatable bonds is 27. The molecular formula is C62H63N3O6S2. The van der Waals surface area contributed by atoms with Gasteiger partial charge in [-0.2, -0.15) is 0 Å². The van der Waals surface area contributed by atoms with Crippen molar-refractivity contribution in [3.05, 3.63) is 263 Å². The van der Waals surface area contributed by atoms with Crippen LogP contribution in [0.25, 0.3) is 0 Å². The molecule has 11 heteroatoms. The molecular weight excluding hydrogens is 947 g/mol. The highest BCUT2D eigenvalue weighted by Gasteiger charge is 2.40. The van der Waals surface area contributed by atoms with Crippen LogP contribution in [0.4, 0.5) is 0 Å². The Balaban J connectivity index is 1.08. The third-order valence-electron chi connectivity index (χ3n) is 12.6. The second-order valence-corrected chi connectivity index (χ2v) is 20.3. The van der Waals surface area contributed by atoms with Gasteiger partial charge in [-0.15, -0.1) is 23.5 Å². The van der Waals surface area contributed by atoms with Crippen molar-refractivity contribution in [1.29, 1.82) is 0 Å². The summed E-state index contributed by atoms with van der Waals surface area (Å²) in [6.07, 6.45) is 3.67. The van der Waals surface area contributed by atoms with E-state index in [0.29, 0.717) is 25.0 Å². The van der Waals surface area contributed by atoms with Gasteiger partial charge in [-0.05, 0) is 64.0 Å². The lowest BCUT2D eigenvalue weighted by Crippen LogP contribution is -2.55. The van der Waals surface area contributed by atoms with Crippen molar-refractivity contribution in [2.45, 2.75) is 66.2 Å². The quantitative estimate of drug-likeness (QED) is 0.0195. The van der Waals surface area contributed by atoms with E-state index in [4.69, 9.17) is 0 Å². The highest BCUT2D eigenvalue weighted by atomic mass is 32.2. The van der Waals surface area contributed by atoms with Gasteiger partial charge < -0.3 is 26.2 Å². The summed E-state index contributed by atoms with van der Waals surface area (Å²) in [6.45, 7) is 0.215. The first-order chi connectivity index (χ1) is 35.7. The normalized spacial score (nSPS) is 12.8. The third-order valence-corrected chi connectivity index (χ3v) is 15.8. The van der Waals surface area contributed by atoms with Crippen LogP contribution in [-0.2, 0) is 35.1 Å². The van der Waals surface area contributed by atoms with Gasteiger partial charge in [0.25, 0.3) is 0 Å². The molecule has 3 amide bonds. The number of amides is 3. The van der Waals surface area contributed by atoms with Crippen molar-refractivity contribution < 1.29 is 29.4 Å². The fraction of sp³-hybridized carbons (Fsp3) is 0.226. The molecule has 3 atom stereocenters. The smallest absolute Gasteiger partial charge is 0.303 e. The summed E-state index contributed by atoms with van der Waals surface area (Å²) < 4.78 is -1.29. The summed E-state index contributed by atoms with van der Waals surface area (Å²) in [5.41, 5.74) is 7.22. The van der Waals surface area contributed by atoms with Gasteiger partial charge in [-0.3, -0.25) is 19.2 Å². The number of aliphatic hydroxyl groups excluding tert-OH is 1. The average molecular weight is 1010 g/mol. The fourth-order valence-electron chi connectivity index (χ4n) is 9.04. The minimum absolute atomic E-state index is 0.0248. The van der Waals surface area contributed by atoms with Crippen LogP contribution in [0.15, 0.2) is 224 Å². The molecule has 0 aromatic heterocycles. The molecule has 0 fully saturated rings. The minimum atomic E-state index is -1.12. The van der Waals surface area contributed by atoms with Crippen LogP contribution in [-0.4, -0.2) is 70.1 Å². The standard InChI is InChI=1S/C62H63N3O6S2/c66-54(40-23-25-43-72-61(48-28-10-2-11-29-48,49-30-12-3-13-31-49)50-32-14-4-15-33-50)45-57(67)64-55(44-47-26-8-1-9-27-47)60(71)65-56(59(70)63-42-24-22-41-58(68)69)46-73-62(51-34-16-5-17-35-51,52-36-18-6-19-37-52)53-38-20-7-21-39-53/h1-21,23,26-40,54-56,66H,22,24-25,41-46H2,(H,63,70)(H,64,67)(H,65,71)(H,68,69). The van der Waals surface area contributed by atoms with E-state index >= 15 is 0 Å². The third kappa shape index (κ3) is 14.7. The van der Waals surface area contributed by atoms with Crippen molar-refractivity contribution in [2.24, 2.45) is 0 Å². The number of aliphatic carboxylic acids is 1. The topological polar surface area (TPSA) is 145 Å². The molecule has 0 aliphatic carbocycles. The van der Waals surface area contributed by atoms with Crippen LogP contribution in [0.2, 0.25) is 0 Å². The van der Waals surface area contributed by atoms with Gasteiger partial charge in [-0.1, -0.05) is 224 Å². The summed E-state index contributed by atoms with van der Waals surface area (Å²) in [4.78, 5) is 54.0. The minimum Gasteiger partial charge on any atom is -0.481 e. The number of carbonyl (C=O) groups is 4. The van der Waals surface area contributed by atoms with Gasteiger partial charge in [0.05, 0.1) is 22.0 Å². The van der Waals surface area contributed by atoms with E-state index in [9.17, 15) is 29.4 Å². The van der Waals surface area contributed by atoms with Crippen LogP contribution in [0.1, 0.15) is 71.0 Å². The van der Waals surface area contributed by atoms with E-state index in [2.05, 4.69) is 125 Å². The molecule has 0 aliphatic rings. The molecule has 0 radical (unpaired) electrons. The van der Waals surface area contributed by atoms with Gasteiger partial charge in [0.15, 0.2) is 0 Å². The number of carbonyl (C=O) groups excluding carboxylic acids is 3. The van der Waals surface area contributed by atoms with E-state index in [1.165, 1.54) is 11.8 Å². The first kappa shape index (κ1) is 53.6. The lowest BCUT2D eigenvalue weighted by molar-refractivity contribution is -0.137. The summed E-state index contributed by atoms with van der Waals surface area (Å²) >= 11 is 3.33. The zero-order valence-electron chi connectivity index (χ0n) is 40.8. The van der Waals surface area contributed by atoms with Gasteiger partial charge in [-0.25, -0.2) is 0 Å². The maximum atomic E-state index is 14.6. The molecule has 5 N–H and O–H groups in total. The van der Waals surface area contributed by atoms with Gasteiger partial charge in [0, 0.05) is 25.1 Å². The molecule has 73 heavy (non-hydrogen) atoms. The molecule has 0 heterocycles. The van der Waals surface area contributed by atoms with E-state index in [0.717, 1.165) is 38.9 Å². The first-order valence-electron chi connectivity index (χ1n) is 24.8. The van der Waals surface area contributed by atoms with E-state index < -0.39 is 51.4 Å². The van der Waals surface area contributed by atoms with Crippen molar-refractivity contribution in [3.8, 4) is 0 Å². The molecule has 9 nitrogen and oxygen atoms in total. The maximum absolute atomic E-state index is 14.6. The molecule has 7 rings (SSSR count). The highest BCUT2D eigenvalue weighted by molar-refractivity contribution is 8.00. The highest BCUT2D eigenvalue weighted by Crippen LogP contribution is 2.50. The predicted octanol–water partition coefficient (Wildman–Crippen LogP) is 10.7. The van der Waals surface area contributed by atoms with Gasteiger partial charge in [0.2, 0.25) is 17.7 Å². The Morgan fingerprint density at radius 2 is 0.918 bits per heavy atom. The Labute approximate surface area is 438 Å². The number of unbranched alkanes of at least 4 members (excludes halogenated alkanes) is 1. The van der Waals surface area contributed by atoms with Crippen LogP contribution in [0.5, 0.6) is 0 Å². The van der Waals surface area contributed by atoms with Crippen LogP contribution < -0.4 is 16.0 Å². The summed E-state index contributed by atoms with van der Waals surface area (Å²) in [5, 5.41) is 29.3.